The van der Waals surface area contributed by atoms with Gasteiger partial charge in [-0.3, -0.25) is 14.4 Å². The first-order valence-electron chi connectivity index (χ1n) is 12.8. The van der Waals surface area contributed by atoms with E-state index in [-0.39, 0.29) is 30.5 Å². The Balaban J connectivity index is 0.000000289. The normalized spacial score (nSPS) is 24.5. The summed E-state index contributed by atoms with van der Waals surface area (Å²) in [6.45, 7) is 3.05. The lowest BCUT2D eigenvalue weighted by Gasteiger charge is -2.31. The number of carbonyl (C=O) groups excluding carboxylic acids is 1. The summed E-state index contributed by atoms with van der Waals surface area (Å²) in [5.74, 6) is -4.64. The highest BCUT2D eigenvalue weighted by Crippen LogP contribution is 2.41. The molecule has 0 saturated carbocycles. The zero-order chi connectivity index (χ0) is 29.8. The van der Waals surface area contributed by atoms with Gasteiger partial charge in [0.05, 0.1) is 37.1 Å². The molecule has 0 aliphatic carbocycles. The molecule has 40 heavy (non-hydrogen) atoms. The fourth-order valence-corrected chi connectivity index (χ4v) is 5.14. The number of anilines is 1. The number of fused-ring (bicyclic) bond motifs is 1. The number of nitrogens with one attached hydrogen (secondary N) is 1. The van der Waals surface area contributed by atoms with Crippen LogP contribution in [0.4, 0.5) is 19.0 Å². The first-order chi connectivity index (χ1) is 18.6. The van der Waals surface area contributed by atoms with Gasteiger partial charge in [-0.15, -0.1) is 0 Å². The van der Waals surface area contributed by atoms with E-state index in [1.54, 1.807) is 17.9 Å². The number of aliphatic carboxylic acids is 3. The van der Waals surface area contributed by atoms with Crippen LogP contribution in [0.1, 0.15) is 76.1 Å². The summed E-state index contributed by atoms with van der Waals surface area (Å²) in [6.07, 6.45) is -2.98. The second kappa shape index (κ2) is 12.4. The number of hydrogen-bond donors (Lipinski definition) is 5. The van der Waals surface area contributed by atoms with E-state index in [2.05, 4.69) is 10.4 Å². The number of amides is 1. The monoisotopic (exact) mass is 578 g/mol. The maximum absolute atomic E-state index is 13.4. The first-order valence-corrected chi connectivity index (χ1v) is 12.8. The van der Waals surface area contributed by atoms with Gasteiger partial charge in [-0.1, -0.05) is 0 Å². The van der Waals surface area contributed by atoms with Crippen molar-refractivity contribution in [2.75, 3.05) is 18.5 Å². The molecule has 2 fully saturated rings. The smallest absolute Gasteiger partial charge is 0.410 e. The Morgan fingerprint density at radius 2 is 1.75 bits per heavy atom. The number of ether oxygens (including phenoxy) is 1. The zero-order valence-corrected chi connectivity index (χ0v) is 21.8. The van der Waals surface area contributed by atoms with Crippen LogP contribution in [0.3, 0.4) is 0 Å². The van der Waals surface area contributed by atoms with Gasteiger partial charge >= 0.3 is 24.1 Å². The van der Waals surface area contributed by atoms with Gasteiger partial charge in [0.1, 0.15) is 5.82 Å². The Labute approximate surface area is 226 Å². The molecule has 4 heterocycles. The molecule has 4 atom stereocenters. The van der Waals surface area contributed by atoms with Crippen molar-refractivity contribution < 1.29 is 57.5 Å². The second-order valence-corrected chi connectivity index (χ2v) is 10.3. The standard InChI is InChI=1S/C18H25F3N4O2.C6H8O7/c1-11-8-15(18(19,20)21)25-16(22-11)10-13(23-25)14-5-2-6-24(14)17(26)9-12-4-3-7-27-12;7-3(8)1-6(13,5(11)12)2-4(9)10/h10-12,14-15,22H,2-9H2,1H3;13H,1-2H2,(H,7,8)(H,9,10)(H,11,12)/t11-,12?,14?,15-;/m1./s1. The lowest BCUT2D eigenvalue weighted by Crippen LogP contribution is -2.42. The summed E-state index contributed by atoms with van der Waals surface area (Å²) < 4.78 is 46.9. The minimum atomic E-state index is -4.35. The Morgan fingerprint density at radius 3 is 2.27 bits per heavy atom. The molecule has 13 nitrogen and oxygen atoms in total. The van der Waals surface area contributed by atoms with Crippen molar-refractivity contribution in [1.29, 1.82) is 0 Å². The number of alkyl halides is 3. The molecular weight excluding hydrogens is 545 g/mol. The summed E-state index contributed by atoms with van der Waals surface area (Å²) >= 11 is 0. The number of rotatable bonds is 8. The molecule has 0 bridgehead atoms. The van der Waals surface area contributed by atoms with Crippen LogP contribution in [-0.4, -0.2) is 96.0 Å². The number of hydrogen-bond acceptors (Lipinski definition) is 8. The lowest BCUT2D eigenvalue weighted by molar-refractivity contribution is -0.173. The van der Waals surface area contributed by atoms with Gasteiger partial charge in [-0.2, -0.15) is 18.3 Å². The number of halogens is 3. The molecule has 5 N–H and O–H groups in total. The maximum atomic E-state index is 13.4. The summed E-state index contributed by atoms with van der Waals surface area (Å²) in [4.78, 5) is 45.0. The predicted octanol–water partition coefficient (Wildman–Crippen LogP) is 2.17. The van der Waals surface area contributed by atoms with Crippen molar-refractivity contribution in [3.8, 4) is 0 Å². The van der Waals surface area contributed by atoms with Gasteiger partial charge in [0.25, 0.3) is 0 Å². The molecule has 0 spiro atoms. The molecule has 2 saturated heterocycles. The second-order valence-electron chi connectivity index (χ2n) is 10.3. The number of carboxylic acids is 3. The number of carbonyl (C=O) groups is 4. The average Bonchev–Trinajstić information content (AvgIpc) is 3.57. The van der Waals surface area contributed by atoms with Crippen LogP contribution in [-0.2, 0) is 23.9 Å². The summed E-state index contributed by atoms with van der Waals surface area (Å²) in [5, 5.41) is 41.2. The third-order valence-corrected chi connectivity index (χ3v) is 7.03. The van der Waals surface area contributed by atoms with Crippen molar-refractivity contribution in [3.05, 3.63) is 11.8 Å². The molecule has 16 heteroatoms. The number of nitrogens with zero attached hydrogens (tertiary/aromatic N) is 3. The quantitative estimate of drug-likeness (QED) is 0.304. The zero-order valence-electron chi connectivity index (χ0n) is 21.8. The van der Waals surface area contributed by atoms with Crippen molar-refractivity contribution in [2.24, 2.45) is 0 Å². The van der Waals surface area contributed by atoms with E-state index in [1.807, 2.05) is 0 Å². The predicted molar refractivity (Wildman–Crippen MR) is 129 cm³/mol. The fraction of sp³-hybridized carbons (Fsp3) is 0.708. The van der Waals surface area contributed by atoms with Crippen molar-refractivity contribution in [2.45, 2.75) is 94.3 Å². The molecule has 1 aromatic heterocycles. The van der Waals surface area contributed by atoms with Crippen LogP contribution < -0.4 is 5.32 Å². The maximum Gasteiger partial charge on any atom is 0.410 e. The summed E-state index contributed by atoms with van der Waals surface area (Å²) in [5.41, 5.74) is -2.20. The minimum absolute atomic E-state index is 0.00377. The van der Waals surface area contributed by atoms with E-state index in [4.69, 9.17) is 25.2 Å². The molecule has 1 amide bonds. The van der Waals surface area contributed by atoms with Gasteiger partial charge in [0.15, 0.2) is 11.6 Å². The van der Waals surface area contributed by atoms with Crippen LogP contribution in [0.15, 0.2) is 6.07 Å². The molecule has 3 aliphatic heterocycles. The number of carboxylic acid groups (broad SMARTS) is 3. The fourth-order valence-electron chi connectivity index (χ4n) is 5.14. The Morgan fingerprint density at radius 1 is 1.10 bits per heavy atom. The van der Waals surface area contributed by atoms with Gasteiger partial charge in [0, 0.05) is 25.3 Å². The minimum Gasteiger partial charge on any atom is -0.481 e. The summed E-state index contributed by atoms with van der Waals surface area (Å²) in [6, 6.07) is -0.496. The Kier molecular flexibility index (Phi) is 9.66. The Bertz CT molecular complexity index is 1090. The highest BCUT2D eigenvalue weighted by molar-refractivity contribution is 5.88. The molecule has 2 unspecified atom stereocenters. The number of likely N-dealkylation sites (tertiary alicyclic amines) is 1. The van der Waals surface area contributed by atoms with Crippen LogP contribution in [0.5, 0.6) is 0 Å². The van der Waals surface area contributed by atoms with Crippen LogP contribution in [0.2, 0.25) is 0 Å². The molecule has 224 valence electrons. The molecular formula is C24H33F3N4O9. The highest BCUT2D eigenvalue weighted by atomic mass is 19.4. The van der Waals surface area contributed by atoms with E-state index < -0.39 is 48.6 Å². The molecule has 3 aliphatic rings. The summed E-state index contributed by atoms with van der Waals surface area (Å²) in [7, 11) is 0. The van der Waals surface area contributed by atoms with E-state index in [9.17, 15) is 32.3 Å². The topological polar surface area (TPSA) is 192 Å². The van der Waals surface area contributed by atoms with Crippen LogP contribution in [0, 0.1) is 0 Å². The largest absolute Gasteiger partial charge is 0.481 e. The lowest BCUT2D eigenvalue weighted by atomic mass is 9.96. The first kappa shape index (κ1) is 31.1. The molecule has 1 aromatic rings. The van der Waals surface area contributed by atoms with E-state index in [0.29, 0.717) is 31.1 Å². The average molecular weight is 579 g/mol. The van der Waals surface area contributed by atoms with Gasteiger partial charge in [-0.05, 0) is 39.0 Å². The van der Waals surface area contributed by atoms with E-state index >= 15 is 0 Å². The van der Waals surface area contributed by atoms with Gasteiger partial charge < -0.3 is 35.4 Å². The molecule has 0 radical (unpaired) electrons. The number of aromatic nitrogens is 2. The molecule has 0 aromatic carbocycles. The Hall–Kier alpha value is -3.40. The van der Waals surface area contributed by atoms with E-state index in [1.165, 1.54) is 0 Å². The van der Waals surface area contributed by atoms with Crippen molar-refractivity contribution in [3.63, 3.8) is 0 Å². The number of aliphatic hydroxyl groups is 1. The third-order valence-electron chi connectivity index (χ3n) is 7.03. The third kappa shape index (κ3) is 7.62. The van der Waals surface area contributed by atoms with Gasteiger partial charge in [0.2, 0.25) is 5.91 Å². The van der Waals surface area contributed by atoms with Crippen LogP contribution >= 0.6 is 0 Å². The van der Waals surface area contributed by atoms with Crippen molar-refractivity contribution >= 4 is 29.6 Å². The SMILES string of the molecule is C[C@@H]1C[C@H](C(F)(F)F)n2nc(C3CCCN3C(=O)CC3CCCO3)cc2N1.O=C(O)CC(O)(CC(=O)O)C(=O)O. The molecule has 4 rings (SSSR count). The highest BCUT2D eigenvalue weighted by Gasteiger charge is 2.46. The van der Waals surface area contributed by atoms with Crippen molar-refractivity contribution in [1.82, 2.24) is 14.7 Å². The van der Waals surface area contributed by atoms with Crippen LogP contribution in [0.25, 0.3) is 0 Å². The van der Waals surface area contributed by atoms with Gasteiger partial charge in [-0.25, -0.2) is 9.48 Å². The van der Waals surface area contributed by atoms with E-state index in [0.717, 1.165) is 30.4 Å².